The van der Waals surface area contributed by atoms with E-state index in [4.69, 9.17) is 0 Å². The number of halogens is 1. The third kappa shape index (κ3) is 2.81. The van der Waals surface area contributed by atoms with Crippen LogP contribution < -0.4 is 0 Å². The number of aromatic nitrogens is 1. The van der Waals surface area contributed by atoms with Gasteiger partial charge in [-0.2, -0.15) is 0 Å². The SMILES string of the molecule is CC(=O)[C@H](C)Sc1ncccc1F. The second kappa shape index (κ2) is 4.37. The molecular weight excluding hydrogens is 189 g/mol. The van der Waals surface area contributed by atoms with Crippen LogP contribution in [0.15, 0.2) is 23.4 Å². The zero-order chi connectivity index (χ0) is 9.84. The van der Waals surface area contributed by atoms with Crippen LogP contribution in [0, 0.1) is 5.82 Å². The quantitative estimate of drug-likeness (QED) is 0.699. The number of ketones is 1. The minimum absolute atomic E-state index is 0.0232. The Balaban J connectivity index is 2.74. The molecule has 2 nitrogen and oxygen atoms in total. The van der Waals surface area contributed by atoms with E-state index in [0.717, 1.165) is 11.8 Å². The molecule has 0 N–H and O–H groups in total. The Kier molecular flexibility index (Phi) is 3.42. The lowest BCUT2D eigenvalue weighted by Gasteiger charge is -2.06. The van der Waals surface area contributed by atoms with Crippen molar-refractivity contribution in [1.82, 2.24) is 4.98 Å². The summed E-state index contributed by atoms with van der Waals surface area (Å²) < 4.78 is 13.0. The van der Waals surface area contributed by atoms with Gasteiger partial charge in [0.25, 0.3) is 0 Å². The summed E-state index contributed by atoms with van der Waals surface area (Å²) in [6.45, 7) is 3.22. The molecule has 0 aromatic carbocycles. The summed E-state index contributed by atoms with van der Waals surface area (Å²) in [4.78, 5) is 14.7. The van der Waals surface area contributed by atoms with E-state index in [1.807, 2.05) is 0 Å². The number of Topliss-reactive ketones (excluding diaryl/α,β-unsaturated/α-hetero) is 1. The van der Waals surface area contributed by atoms with Gasteiger partial charge in [-0.15, -0.1) is 0 Å². The zero-order valence-corrected chi connectivity index (χ0v) is 8.27. The van der Waals surface area contributed by atoms with E-state index in [0.29, 0.717) is 0 Å². The first kappa shape index (κ1) is 10.2. The Hall–Kier alpha value is -0.900. The third-order valence-electron chi connectivity index (χ3n) is 1.59. The Morgan fingerprint density at radius 2 is 2.38 bits per heavy atom. The van der Waals surface area contributed by atoms with Gasteiger partial charge >= 0.3 is 0 Å². The highest BCUT2D eigenvalue weighted by Gasteiger charge is 2.12. The summed E-state index contributed by atoms with van der Waals surface area (Å²) in [7, 11) is 0. The number of carbonyl (C=O) groups excluding carboxylic acids is 1. The number of nitrogens with zero attached hydrogens (tertiary/aromatic N) is 1. The number of pyridine rings is 1. The molecule has 0 fully saturated rings. The number of carbonyl (C=O) groups is 1. The van der Waals surface area contributed by atoms with Crippen LogP contribution in [0.5, 0.6) is 0 Å². The van der Waals surface area contributed by atoms with Crippen LogP contribution >= 0.6 is 11.8 Å². The Labute approximate surface area is 80.6 Å². The molecule has 0 unspecified atom stereocenters. The molecule has 0 spiro atoms. The van der Waals surface area contributed by atoms with E-state index in [2.05, 4.69) is 4.98 Å². The highest BCUT2D eigenvalue weighted by Crippen LogP contribution is 2.23. The average Bonchev–Trinajstić information content (AvgIpc) is 2.08. The van der Waals surface area contributed by atoms with E-state index >= 15 is 0 Å². The first-order valence-corrected chi connectivity index (χ1v) is 4.77. The number of rotatable bonds is 3. The van der Waals surface area contributed by atoms with Crippen LogP contribution in [-0.4, -0.2) is 16.0 Å². The lowest BCUT2D eigenvalue weighted by atomic mass is 10.3. The van der Waals surface area contributed by atoms with Crippen molar-refractivity contribution >= 4 is 17.5 Å². The van der Waals surface area contributed by atoms with Crippen molar-refractivity contribution in [3.63, 3.8) is 0 Å². The van der Waals surface area contributed by atoms with Crippen LogP contribution in [-0.2, 0) is 4.79 Å². The van der Waals surface area contributed by atoms with Gasteiger partial charge in [-0.25, -0.2) is 9.37 Å². The minimum atomic E-state index is -0.374. The van der Waals surface area contributed by atoms with E-state index in [-0.39, 0.29) is 21.9 Å². The summed E-state index contributed by atoms with van der Waals surface area (Å²) in [5.41, 5.74) is 0. The molecule has 0 amide bonds. The fraction of sp³-hybridized carbons (Fsp3) is 0.333. The largest absolute Gasteiger partial charge is 0.299 e. The third-order valence-corrected chi connectivity index (χ3v) is 2.79. The fourth-order valence-electron chi connectivity index (χ4n) is 0.708. The van der Waals surface area contributed by atoms with Gasteiger partial charge in [0.2, 0.25) is 0 Å². The second-order valence-corrected chi connectivity index (χ2v) is 3.99. The van der Waals surface area contributed by atoms with Crippen LogP contribution in [0.1, 0.15) is 13.8 Å². The summed E-state index contributed by atoms with van der Waals surface area (Å²) in [5, 5.41) is 0.0367. The minimum Gasteiger partial charge on any atom is -0.299 e. The van der Waals surface area contributed by atoms with Gasteiger partial charge in [0.05, 0.1) is 5.25 Å². The van der Waals surface area contributed by atoms with Gasteiger partial charge in [0.15, 0.2) is 5.82 Å². The van der Waals surface area contributed by atoms with Crippen molar-refractivity contribution in [3.05, 3.63) is 24.1 Å². The summed E-state index contributed by atoms with van der Waals surface area (Å²) in [6, 6.07) is 2.86. The molecule has 0 saturated heterocycles. The van der Waals surface area contributed by atoms with Crippen LogP contribution in [0.25, 0.3) is 0 Å². The molecule has 1 heterocycles. The Morgan fingerprint density at radius 1 is 1.69 bits per heavy atom. The first-order chi connectivity index (χ1) is 6.11. The molecule has 70 valence electrons. The highest BCUT2D eigenvalue weighted by atomic mass is 32.2. The van der Waals surface area contributed by atoms with Crippen molar-refractivity contribution in [2.45, 2.75) is 24.1 Å². The van der Waals surface area contributed by atoms with E-state index in [1.165, 1.54) is 25.3 Å². The molecule has 13 heavy (non-hydrogen) atoms. The maximum atomic E-state index is 13.0. The molecular formula is C9H10FNOS. The topological polar surface area (TPSA) is 30.0 Å². The van der Waals surface area contributed by atoms with Gasteiger partial charge in [-0.1, -0.05) is 11.8 Å². The normalized spacial score (nSPS) is 12.5. The molecule has 1 rings (SSSR count). The van der Waals surface area contributed by atoms with Gasteiger partial charge < -0.3 is 0 Å². The molecule has 1 atom stereocenters. The fourth-order valence-corrected chi connectivity index (χ4v) is 1.51. The van der Waals surface area contributed by atoms with Crippen LogP contribution in [0.2, 0.25) is 0 Å². The van der Waals surface area contributed by atoms with Crippen LogP contribution in [0.4, 0.5) is 4.39 Å². The van der Waals surface area contributed by atoms with Crippen molar-refractivity contribution in [2.24, 2.45) is 0 Å². The second-order valence-electron chi connectivity index (χ2n) is 2.66. The summed E-state index contributed by atoms with van der Waals surface area (Å²) in [6.07, 6.45) is 1.51. The molecule has 0 bridgehead atoms. The monoisotopic (exact) mass is 199 g/mol. The zero-order valence-electron chi connectivity index (χ0n) is 7.45. The molecule has 1 aromatic heterocycles. The van der Waals surface area contributed by atoms with Gasteiger partial charge in [0, 0.05) is 6.20 Å². The van der Waals surface area contributed by atoms with Crippen molar-refractivity contribution < 1.29 is 9.18 Å². The van der Waals surface area contributed by atoms with Gasteiger partial charge in [-0.05, 0) is 26.0 Å². The Bertz CT molecular complexity index is 316. The smallest absolute Gasteiger partial charge is 0.155 e. The molecule has 1 aromatic rings. The van der Waals surface area contributed by atoms with E-state index in [1.54, 1.807) is 6.92 Å². The summed E-state index contributed by atoms with van der Waals surface area (Å²) in [5.74, 6) is -0.351. The maximum absolute atomic E-state index is 13.0. The van der Waals surface area contributed by atoms with Gasteiger partial charge in [0.1, 0.15) is 10.8 Å². The predicted octanol–water partition coefficient (Wildman–Crippen LogP) is 2.29. The number of thioether (sulfide) groups is 1. The molecule has 0 aliphatic rings. The molecule has 4 heteroatoms. The van der Waals surface area contributed by atoms with Crippen molar-refractivity contribution in [3.8, 4) is 0 Å². The lowest BCUT2D eigenvalue weighted by Crippen LogP contribution is -2.08. The van der Waals surface area contributed by atoms with Gasteiger partial charge in [-0.3, -0.25) is 4.79 Å². The number of hydrogen-bond donors (Lipinski definition) is 0. The molecule has 0 aliphatic carbocycles. The highest BCUT2D eigenvalue weighted by molar-refractivity contribution is 8.00. The molecule has 0 saturated carbocycles. The molecule has 0 radical (unpaired) electrons. The van der Waals surface area contributed by atoms with Crippen molar-refractivity contribution in [2.75, 3.05) is 0 Å². The first-order valence-electron chi connectivity index (χ1n) is 3.89. The van der Waals surface area contributed by atoms with E-state index in [9.17, 15) is 9.18 Å². The Morgan fingerprint density at radius 3 is 2.92 bits per heavy atom. The van der Waals surface area contributed by atoms with Crippen molar-refractivity contribution in [1.29, 1.82) is 0 Å². The lowest BCUT2D eigenvalue weighted by molar-refractivity contribution is -0.116. The summed E-state index contributed by atoms with van der Waals surface area (Å²) >= 11 is 1.14. The predicted molar refractivity (Wildman–Crippen MR) is 50.2 cm³/mol. The number of hydrogen-bond acceptors (Lipinski definition) is 3. The average molecular weight is 199 g/mol. The van der Waals surface area contributed by atoms with Crippen LogP contribution in [0.3, 0.4) is 0 Å². The molecule has 0 aliphatic heterocycles. The van der Waals surface area contributed by atoms with E-state index < -0.39 is 0 Å². The maximum Gasteiger partial charge on any atom is 0.155 e. The standard InChI is InChI=1S/C9H10FNOS/c1-6(12)7(2)13-9-8(10)4-3-5-11-9/h3-5,7H,1-2H3/t7-/m0/s1.